The second-order valence-electron chi connectivity index (χ2n) is 18.4. The number of hydrogen-bond donors (Lipinski definition) is 0. The van der Waals surface area contributed by atoms with Gasteiger partial charge in [-0.2, -0.15) is 0 Å². The molecule has 338 valence electrons. The van der Waals surface area contributed by atoms with Crippen LogP contribution in [0.1, 0.15) is 279 Å². The van der Waals surface area contributed by atoms with Crippen molar-refractivity contribution in [2.75, 3.05) is 13.2 Å². The molecule has 0 saturated carbocycles. The van der Waals surface area contributed by atoms with Gasteiger partial charge in [-0.15, -0.1) is 0 Å². The van der Waals surface area contributed by atoms with Crippen LogP contribution < -0.4 is 0 Å². The van der Waals surface area contributed by atoms with Crippen molar-refractivity contribution in [2.45, 2.75) is 285 Å². The number of unbranched alkanes of at least 4 members (excludes halogenated alkanes) is 30. The molecule has 0 amide bonds. The van der Waals surface area contributed by atoms with Gasteiger partial charge >= 0.3 is 17.9 Å². The summed E-state index contributed by atoms with van der Waals surface area (Å²) in [6.07, 6.45) is 43.9. The van der Waals surface area contributed by atoms with Crippen LogP contribution in [-0.2, 0) is 28.6 Å². The second-order valence-corrected chi connectivity index (χ2v) is 18.4. The van der Waals surface area contributed by atoms with E-state index in [-0.39, 0.29) is 31.1 Å². The molecule has 0 heterocycles. The molecule has 0 rings (SSSR count). The summed E-state index contributed by atoms with van der Waals surface area (Å²) in [6.45, 7) is 11.3. The van der Waals surface area contributed by atoms with Gasteiger partial charge in [0.1, 0.15) is 13.2 Å². The predicted molar refractivity (Wildman–Crippen MR) is 243 cm³/mol. The van der Waals surface area contributed by atoms with Crippen molar-refractivity contribution in [3.05, 3.63) is 0 Å². The van der Waals surface area contributed by atoms with Crippen LogP contribution in [0.25, 0.3) is 0 Å². The molecule has 0 radical (unpaired) electrons. The Labute approximate surface area is 355 Å². The first-order valence-corrected chi connectivity index (χ1v) is 25.2. The number of hydrogen-bond acceptors (Lipinski definition) is 6. The molecule has 6 heteroatoms. The van der Waals surface area contributed by atoms with Crippen LogP contribution in [0.3, 0.4) is 0 Å². The summed E-state index contributed by atoms with van der Waals surface area (Å²) in [5.74, 6) is 0.722. The van der Waals surface area contributed by atoms with E-state index in [4.69, 9.17) is 14.2 Å². The van der Waals surface area contributed by atoms with Crippen LogP contribution in [0.15, 0.2) is 0 Å². The van der Waals surface area contributed by atoms with Gasteiger partial charge in [0.2, 0.25) is 0 Å². The van der Waals surface area contributed by atoms with Gasteiger partial charge in [0, 0.05) is 19.3 Å². The largest absolute Gasteiger partial charge is 0.462 e. The first-order valence-electron chi connectivity index (χ1n) is 25.2. The van der Waals surface area contributed by atoms with Crippen molar-refractivity contribution in [2.24, 2.45) is 11.8 Å². The Morgan fingerprint density at radius 1 is 0.333 bits per heavy atom. The molecule has 0 aliphatic rings. The number of carbonyl (C=O) groups is 3. The maximum Gasteiger partial charge on any atom is 0.306 e. The Kier molecular flexibility index (Phi) is 42.7. The molecule has 0 fully saturated rings. The minimum absolute atomic E-state index is 0.0653. The Balaban J connectivity index is 4.27. The molecule has 1 atom stereocenters. The molecule has 0 aromatic carbocycles. The number of carbonyl (C=O) groups excluding carboxylic acids is 3. The Hall–Kier alpha value is -1.59. The fourth-order valence-electron chi connectivity index (χ4n) is 7.64. The third kappa shape index (κ3) is 45.3. The highest BCUT2D eigenvalue weighted by Gasteiger charge is 2.19. The lowest BCUT2D eigenvalue weighted by Crippen LogP contribution is -2.30. The van der Waals surface area contributed by atoms with Crippen LogP contribution >= 0.6 is 0 Å². The van der Waals surface area contributed by atoms with Gasteiger partial charge in [-0.3, -0.25) is 14.4 Å². The lowest BCUT2D eigenvalue weighted by atomic mass is 10.0. The summed E-state index contributed by atoms with van der Waals surface area (Å²) in [7, 11) is 0. The first-order chi connectivity index (χ1) is 27.7. The van der Waals surface area contributed by atoms with Crippen molar-refractivity contribution in [3.63, 3.8) is 0 Å². The normalized spacial score (nSPS) is 12.1. The molecule has 0 N–H and O–H groups in total. The van der Waals surface area contributed by atoms with Crippen molar-refractivity contribution < 1.29 is 28.6 Å². The van der Waals surface area contributed by atoms with Crippen molar-refractivity contribution in [3.8, 4) is 0 Å². The molecular weight excluding hydrogens is 709 g/mol. The maximum atomic E-state index is 12.8. The van der Waals surface area contributed by atoms with E-state index in [0.717, 1.165) is 69.6 Å². The van der Waals surface area contributed by atoms with Crippen molar-refractivity contribution >= 4 is 17.9 Å². The van der Waals surface area contributed by atoms with Crippen molar-refractivity contribution in [1.82, 2.24) is 0 Å². The SMILES string of the molecule is CCCCCCCCCCCCCCCCCCCCC(=O)O[C@H](COC(=O)CCCCCCCCCCC(C)C)COC(=O)CCCCCCCCCC(C)C. The molecule has 0 spiro atoms. The van der Waals surface area contributed by atoms with Gasteiger partial charge in [0.15, 0.2) is 6.10 Å². The predicted octanol–water partition coefficient (Wildman–Crippen LogP) is 16.1. The van der Waals surface area contributed by atoms with Crippen molar-refractivity contribution in [1.29, 1.82) is 0 Å². The summed E-state index contributed by atoms with van der Waals surface area (Å²) < 4.78 is 16.8. The topological polar surface area (TPSA) is 78.9 Å². The Bertz CT molecular complexity index is 870. The summed E-state index contributed by atoms with van der Waals surface area (Å²) >= 11 is 0. The van der Waals surface area contributed by atoms with E-state index in [1.165, 1.54) is 167 Å². The zero-order chi connectivity index (χ0) is 41.9. The molecule has 0 saturated heterocycles. The summed E-state index contributed by atoms with van der Waals surface area (Å²) in [5, 5.41) is 0. The highest BCUT2D eigenvalue weighted by molar-refractivity contribution is 5.71. The zero-order valence-electron chi connectivity index (χ0n) is 39.0. The molecular formula is C51H98O6. The Morgan fingerprint density at radius 2 is 0.579 bits per heavy atom. The molecule has 0 aromatic rings. The highest BCUT2D eigenvalue weighted by atomic mass is 16.6. The molecule has 0 aromatic heterocycles. The smallest absolute Gasteiger partial charge is 0.306 e. The van der Waals surface area contributed by atoms with E-state index in [0.29, 0.717) is 19.3 Å². The van der Waals surface area contributed by atoms with E-state index >= 15 is 0 Å². The highest BCUT2D eigenvalue weighted by Crippen LogP contribution is 2.17. The van der Waals surface area contributed by atoms with Gasteiger partial charge in [-0.05, 0) is 31.1 Å². The second kappa shape index (κ2) is 44.0. The minimum atomic E-state index is -0.762. The van der Waals surface area contributed by atoms with Gasteiger partial charge in [-0.1, -0.05) is 240 Å². The average molecular weight is 807 g/mol. The van der Waals surface area contributed by atoms with E-state index < -0.39 is 6.10 Å². The maximum absolute atomic E-state index is 12.8. The number of ether oxygens (including phenoxy) is 3. The molecule has 0 bridgehead atoms. The summed E-state index contributed by atoms with van der Waals surface area (Å²) in [6, 6.07) is 0. The number of esters is 3. The summed E-state index contributed by atoms with van der Waals surface area (Å²) in [4.78, 5) is 37.8. The molecule has 6 nitrogen and oxygen atoms in total. The lowest BCUT2D eigenvalue weighted by Gasteiger charge is -2.18. The van der Waals surface area contributed by atoms with Gasteiger partial charge < -0.3 is 14.2 Å². The first kappa shape index (κ1) is 55.4. The van der Waals surface area contributed by atoms with Crippen LogP contribution in [0.2, 0.25) is 0 Å². The standard InChI is InChI=1S/C51H98O6/c1-6-7-8-9-10-11-12-13-14-15-16-17-18-19-20-27-33-38-43-51(54)57-48(45-56-50(53)42-37-32-28-23-25-30-35-40-47(4)5)44-55-49(52)41-36-31-26-22-21-24-29-34-39-46(2)3/h46-48H,6-45H2,1-5H3/t48-/m1/s1. The summed E-state index contributed by atoms with van der Waals surface area (Å²) in [5.41, 5.74) is 0. The van der Waals surface area contributed by atoms with Crippen LogP contribution in [0.5, 0.6) is 0 Å². The van der Waals surface area contributed by atoms with E-state index in [2.05, 4.69) is 34.6 Å². The van der Waals surface area contributed by atoms with Gasteiger partial charge in [0.25, 0.3) is 0 Å². The van der Waals surface area contributed by atoms with Gasteiger partial charge in [0.05, 0.1) is 0 Å². The Morgan fingerprint density at radius 3 is 0.860 bits per heavy atom. The molecule has 57 heavy (non-hydrogen) atoms. The molecule has 0 aliphatic heterocycles. The van der Waals surface area contributed by atoms with E-state index in [9.17, 15) is 14.4 Å². The monoisotopic (exact) mass is 807 g/mol. The minimum Gasteiger partial charge on any atom is -0.462 e. The third-order valence-corrected chi connectivity index (χ3v) is 11.5. The fraction of sp³-hybridized carbons (Fsp3) is 0.941. The number of rotatable bonds is 45. The lowest BCUT2D eigenvalue weighted by molar-refractivity contribution is -0.167. The van der Waals surface area contributed by atoms with E-state index in [1.807, 2.05) is 0 Å². The van der Waals surface area contributed by atoms with Crippen LogP contribution in [0.4, 0.5) is 0 Å². The molecule has 0 unspecified atom stereocenters. The van der Waals surface area contributed by atoms with Crippen LogP contribution in [-0.4, -0.2) is 37.2 Å². The molecule has 0 aliphatic carbocycles. The fourth-order valence-corrected chi connectivity index (χ4v) is 7.64. The average Bonchev–Trinajstić information content (AvgIpc) is 3.18. The van der Waals surface area contributed by atoms with Crippen LogP contribution in [0, 0.1) is 11.8 Å². The van der Waals surface area contributed by atoms with Gasteiger partial charge in [-0.25, -0.2) is 0 Å². The van der Waals surface area contributed by atoms with E-state index in [1.54, 1.807) is 0 Å². The zero-order valence-corrected chi connectivity index (χ0v) is 39.0. The quantitative estimate of drug-likeness (QED) is 0.0346. The third-order valence-electron chi connectivity index (χ3n) is 11.5.